The average molecular weight is 355 g/mol. The van der Waals surface area contributed by atoms with Gasteiger partial charge in [0.2, 0.25) is 5.91 Å². The summed E-state index contributed by atoms with van der Waals surface area (Å²) in [7, 11) is 0. The van der Waals surface area contributed by atoms with Crippen molar-refractivity contribution in [2.75, 3.05) is 11.1 Å². The minimum atomic E-state index is -0.0280. The zero-order chi connectivity index (χ0) is 16.8. The van der Waals surface area contributed by atoms with Crippen molar-refractivity contribution in [1.29, 1.82) is 0 Å². The Morgan fingerprint density at radius 1 is 1.29 bits per heavy atom. The van der Waals surface area contributed by atoms with Crippen molar-refractivity contribution in [2.24, 2.45) is 0 Å². The van der Waals surface area contributed by atoms with Crippen LogP contribution in [0.4, 0.5) is 5.13 Å². The summed E-state index contributed by atoms with van der Waals surface area (Å²) in [4.78, 5) is 20.6. The van der Waals surface area contributed by atoms with Gasteiger partial charge >= 0.3 is 0 Å². The fourth-order valence-corrected chi connectivity index (χ4v) is 3.71. The van der Waals surface area contributed by atoms with Crippen molar-refractivity contribution in [2.45, 2.75) is 12.7 Å². The van der Waals surface area contributed by atoms with Gasteiger partial charge in [0, 0.05) is 29.1 Å². The number of amides is 1. The average Bonchev–Trinajstić information content (AvgIpc) is 3.04. The summed E-state index contributed by atoms with van der Waals surface area (Å²) in [6.45, 7) is 2.07. The van der Waals surface area contributed by atoms with Crippen molar-refractivity contribution >= 4 is 34.1 Å². The predicted octanol–water partition coefficient (Wildman–Crippen LogP) is 4.39. The molecule has 122 valence electrons. The van der Waals surface area contributed by atoms with E-state index < -0.39 is 0 Å². The van der Waals surface area contributed by atoms with Crippen LogP contribution in [0, 0.1) is 6.92 Å². The van der Waals surface area contributed by atoms with E-state index in [0.717, 1.165) is 17.0 Å². The van der Waals surface area contributed by atoms with Crippen LogP contribution in [-0.4, -0.2) is 21.6 Å². The molecule has 24 heavy (non-hydrogen) atoms. The third kappa shape index (κ3) is 4.66. The fraction of sp³-hybridized carbons (Fsp3) is 0.167. The van der Waals surface area contributed by atoms with Crippen molar-refractivity contribution in [3.8, 4) is 11.3 Å². The number of anilines is 1. The fourth-order valence-electron chi connectivity index (χ4n) is 2.20. The summed E-state index contributed by atoms with van der Waals surface area (Å²) in [5.41, 5.74) is 4.25. The van der Waals surface area contributed by atoms with Gasteiger partial charge < -0.3 is 5.32 Å². The normalized spacial score (nSPS) is 10.5. The second kappa shape index (κ2) is 8.08. The highest BCUT2D eigenvalue weighted by Gasteiger charge is 2.08. The summed E-state index contributed by atoms with van der Waals surface area (Å²) in [5.74, 6) is 1.21. The van der Waals surface area contributed by atoms with Crippen molar-refractivity contribution in [3.63, 3.8) is 0 Å². The van der Waals surface area contributed by atoms with E-state index in [0.29, 0.717) is 10.9 Å². The number of pyridine rings is 1. The van der Waals surface area contributed by atoms with Gasteiger partial charge in [-0.15, -0.1) is 23.1 Å². The maximum absolute atomic E-state index is 12.0. The van der Waals surface area contributed by atoms with Crippen LogP contribution in [0.5, 0.6) is 0 Å². The van der Waals surface area contributed by atoms with E-state index in [9.17, 15) is 4.79 Å². The molecule has 0 radical (unpaired) electrons. The molecule has 0 aliphatic rings. The van der Waals surface area contributed by atoms with E-state index in [1.807, 2.05) is 23.6 Å². The van der Waals surface area contributed by atoms with E-state index in [1.54, 1.807) is 24.2 Å². The molecule has 0 fully saturated rings. The molecule has 0 bridgehead atoms. The maximum atomic E-state index is 12.0. The molecule has 4 nitrogen and oxygen atoms in total. The first-order chi connectivity index (χ1) is 11.7. The maximum Gasteiger partial charge on any atom is 0.236 e. The van der Waals surface area contributed by atoms with E-state index >= 15 is 0 Å². The lowest BCUT2D eigenvalue weighted by Crippen LogP contribution is -2.13. The summed E-state index contributed by atoms with van der Waals surface area (Å²) in [5, 5.41) is 5.40. The Labute approximate surface area is 149 Å². The second-order valence-electron chi connectivity index (χ2n) is 5.31. The van der Waals surface area contributed by atoms with Gasteiger partial charge in [0.05, 0.1) is 11.4 Å². The molecule has 1 aromatic carbocycles. The summed E-state index contributed by atoms with van der Waals surface area (Å²) >= 11 is 3.02. The SMILES string of the molecule is Cc1cccc(CSCC(=O)Nc2nc(-c3cccnc3)cs2)c1. The van der Waals surface area contributed by atoms with Crippen molar-refractivity contribution in [1.82, 2.24) is 9.97 Å². The summed E-state index contributed by atoms with van der Waals surface area (Å²) < 4.78 is 0. The third-order valence-corrected chi connectivity index (χ3v) is 5.05. The Morgan fingerprint density at radius 3 is 3.00 bits per heavy atom. The molecule has 3 aromatic rings. The van der Waals surface area contributed by atoms with Crippen molar-refractivity contribution < 1.29 is 4.79 Å². The zero-order valence-electron chi connectivity index (χ0n) is 13.2. The number of thioether (sulfide) groups is 1. The Balaban J connectivity index is 1.49. The first kappa shape index (κ1) is 16.7. The van der Waals surface area contributed by atoms with Crippen molar-refractivity contribution in [3.05, 3.63) is 65.3 Å². The first-order valence-corrected chi connectivity index (χ1v) is 9.53. The van der Waals surface area contributed by atoms with Gasteiger partial charge in [0.25, 0.3) is 0 Å². The number of nitrogens with zero attached hydrogens (tertiary/aromatic N) is 2. The molecule has 0 saturated carbocycles. The molecule has 0 atom stereocenters. The zero-order valence-corrected chi connectivity index (χ0v) is 14.9. The highest BCUT2D eigenvalue weighted by molar-refractivity contribution is 7.99. The Bertz CT molecular complexity index is 818. The number of carbonyl (C=O) groups is 1. The number of thiazole rings is 1. The smallest absolute Gasteiger partial charge is 0.236 e. The van der Waals surface area contributed by atoms with Gasteiger partial charge in [-0.1, -0.05) is 29.8 Å². The second-order valence-corrected chi connectivity index (χ2v) is 7.15. The molecule has 0 spiro atoms. The third-order valence-electron chi connectivity index (χ3n) is 3.29. The predicted molar refractivity (Wildman–Crippen MR) is 101 cm³/mol. The minimum absolute atomic E-state index is 0.0280. The topological polar surface area (TPSA) is 54.9 Å². The molecule has 2 heterocycles. The number of aromatic nitrogens is 2. The monoisotopic (exact) mass is 355 g/mol. The summed E-state index contributed by atoms with van der Waals surface area (Å²) in [6, 6.07) is 12.2. The van der Waals surface area contributed by atoms with E-state index in [-0.39, 0.29) is 5.91 Å². The highest BCUT2D eigenvalue weighted by Crippen LogP contribution is 2.24. The van der Waals surface area contributed by atoms with Crippen LogP contribution >= 0.6 is 23.1 Å². The largest absolute Gasteiger partial charge is 0.301 e. The quantitative estimate of drug-likeness (QED) is 0.713. The number of nitrogens with one attached hydrogen (secondary N) is 1. The number of aryl methyl sites for hydroxylation is 1. The molecule has 1 amide bonds. The van der Waals surface area contributed by atoms with Gasteiger partial charge in [0.1, 0.15) is 0 Å². The van der Waals surface area contributed by atoms with Gasteiger partial charge in [-0.2, -0.15) is 0 Å². The van der Waals surface area contributed by atoms with Crippen LogP contribution in [0.15, 0.2) is 54.2 Å². The number of carbonyl (C=O) groups excluding carboxylic acids is 1. The lowest BCUT2D eigenvalue weighted by Gasteiger charge is -2.03. The van der Waals surface area contributed by atoms with E-state index in [2.05, 4.69) is 40.4 Å². The van der Waals surface area contributed by atoms with Crippen LogP contribution in [0.2, 0.25) is 0 Å². The number of hydrogen-bond acceptors (Lipinski definition) is 5. The van der Waals surface area contributed by atoms with Gasteiger partial charge in [-0.05, 0) is 24.6 Å². The molecule has 0 aliphatic carbocycles. The molecule has 0 unspecified atom stereocenters. The first-order valence-electron chi connectivity index (χ1n) is 7.50. The van der Waals surface area contributed by atoms with Gasteiger partial charge in [-0.3, -0.25) is 9.78 Å². The highest BCUT2D eigenvalue weighted by atomic mass is 32.2. The molecular weight excluding hydrogens is 338 g/mol. The van der Waals surface area contributed by atoms with E-state index in [4.69, 9.17) is 0 Å². The van der Waals surface area contributed by atoms with E-state index in [1.165, 1.54) is 22.5 Å². The molecule has 1 N–H and O–H groups in total. The van der Waals surface area contributed by atoms with Crippen LogP contribution in [0.3, 0.4) is 0 Å². The molecule has 0 saturated heterocycles. The molecule has 0 aliphatic heterocycles. The Hall–Kier alpha value is -2.18. The Kier molecular flexibility index (Phi) is 5.61. The minimum Gasteiger partial charge on any atom is -0.301 e. The Morgan fingerprint density at radius 2 is 2.21 bits per heavy atom. The van der Waals surface area contributed by atoms with Gasteiger partial charge in [-0.25, -0.2) is 4.98 Å². The lowest BCUT2D eigenvalue weighted by atomic mass is 10.2. The number of hydrogen-bond donors (Lipinski definition) is 1. The molecule has 3 rings (SSSR count). The number of rotatable bonds is 6. The van der Waals surface area contributed by atoms with Crippen LogP contribution in [0.1, 0.15) is 11.1 Å². The molecule has 2 aromatic heterocycles. The standard InChI is InChI=1S/C18H17N3OS2/c1-13-4-2-5-14(8-13)10-23-12-17(22)21-18-20-16(11-24-18)15-6-3-7-19-9-15/h2-9,11H,10,12H2,1H3,(H,20,21,22). The molecular formula is C18H17N3OS2. The molecule has 6 heteroatoms. The lowest BCUT2D eigenvalue weighted by molar-refractivity contribution is -0.113. The summed E-state index contributed by atoms with van der Waals surface area (Å²) in [6.07, 6.45) is 3.49. The van der Waals surface area contributed by atoms with Crippen LogP contribution < -0.4 is 5.32 Å². The van der Waals surface area contributed by atoms with Gasteiger partial charge in [0.15, 0.2) is 5.13 Å². The number of benzene rings is 1. The van der Waals surface area contributed by atoms with Crippen LogP contribution in [-0.2, 0) is 10.5 Å². The van der Waals surface area contributed by atoms with Crippen LogP contribution in [0.25, 0.3) is 11.3 Å².